The van der Waals surface area contributed by atoms with Crippen LogP contribution < -0.4 is 10.6 Å². The largest absolute Gasteiger partial charge is 0.416 e. The van der Waals surface area contributed by atoms with Gasteiger partial charge in [-0.05, 0) is 24.6 Å². The monoisotopic (exact) mass is 332 g/mol. The van der Waals surface area contributed by atoms with Crippen LogP contribution in [-0.4, -0.2) is 30.0 Å². The molecule has 1 fully saturated rings. The number of hydrogen-bond donors (Lipinski definition) is 2. The van der Waals surface area contributed by atoms with E-state index in [-0.39, 0.29) is 11.9 Å². The third-order valence-corrected chi connectivity index (χ3v) is 4.65. The molecule has 7 heteroatoms. The van der Waals surface area contributed by atoms with Gasteiger partial charge in [0.2, 0.25) is 5.91 Å². The highest BCUT2D eigenvalue weighted by atomic mass is 32.2. The van der Waals surface area contributed by atoms with E-state index < -0.39 is 17.8 Å². The molecule has 1 saturated heterocycles. The second-order valence-electron chi connectivity index (χ2n) is 5.34. The molecule has 1 aliphatic rings. The Morgan fingerprint density at radius 3 is 2.91 bits per heavy atom. The van der Waals surface area contributed by atoms with Gasteiger partial charge in [-0.3, -0.25) is 4.79 Å². The van der Waals surface area contributed by atoms with Crippen molar-refractivity contribution in [3.63, 3.8) is 0 Å². The van der Waals surface area contributed by atoms with Crippen LogP contribution in [0.15, 0.2) is 24.3 Å². The van der Waals surface area contributed by atoms with Crippen LogP contribution in [-0.2, 0) is 11.0 Å². The summed E-state index contributed by atoms with van der Waals surface area (Å²) in [7, 11) is 0. The van der Waals surface area contributed by atoms with Gasteiger partial charge < -0.3 is 10.6 Å². The number of hydrogen-bond acceptors (Lipinski definition) is 3. The Morgan fingerprint density at radius 1 is 1.50 bits per heavy atom. The minimum Gasteiger partial charge on any atom is -0.350 e. The second-order valence-corrected chi connectivity index (χ2v) is 6.49. The summed E-state index contributed by atoms with van der Waals surface area (Å²) in [4.78, 5) is 12.0. The molecule has 0 radical (unpaired) electrons. The van der Waals surface area contributed by atoms with E-state index >= 15 is 0 Å². The smallest absolute Gasteiger partial charge is 0.350 e. The summed E-state index contributed by atoms with van der Waals surface area (Å²) in [6, 6.07) is 4.74. The second kappa shape index (κ2) is 7.37. The molecule has 1 heterocycles. The average molecular weight is 332 g/mol. The van der Waals surface area contributed by atoms with Crippen LogP contribution in [0.3, 0.4) is 0 Å². The standard InChI is InChI=1S/C15H19F3N2OS/c1-10(11-3-2-4-12(7-11)15(16,17)18)20-14(21)8-13-9-22-6-5-19-13/h2-4,7,10,13,19H,5-6,8-9H2,1H3,(H,20,21). The Hall–Kier alpha value is -1.21. The number of carbonyl (C=O) groups excluding carboxylic acids is 1. The van der Waals surface area contributed by atoms with Crippen molar-refractivity contribution < 1.29 is 18.0 Å². The van der Waals surface area contributed by atoms with Crippen LogP contribution in [0.2, 0.25) is 0 Å². The Labute approximate surface area is 132 Å². The van der Waals surface area contributed by atoms with E-state index in [9.17, 15) is 18.0 Å². The average Bonchev–Trinajstić information content (AvgIpc) is 2.47. The quantitative estimate of drug-likeness (QED) is 0.891. The normalized spacial score (nSPS) is 20.5. The number of benzene rings is 1. The molecule has 2 N–H and O–H groups in total. The predicted octanol–water partition coefficient (Wildman–Crippen LogP) is 2.98. The van der Waals surface area contributed by atoms with E-state index in [2.05, 4.69) is 10.6 Å². The van der Waals surface area contributed by atoms with E-state index in [1.807, 2.05) is 0 Å². The van der Waals surface area contributed by atoms with Crippen molar-refractivity contribution in [3.8, 4) is 0 Å². The Bertz CT molecular complexity index is 516. The van der Waals surface area contributed by atoms with Gasteiger partial charge in [-0.25, -0.2) is 0 Å². The van der Waals surface area contributed by atoms with Gasteiger partial charge in [0.25, 0.3) is 0 Å². The maximum absolute atomic E-state index is 12.7. The molecular weight excluding hydrogens is 313 g/mol. The van der Waals surface area contributed by atoms with Crippen molar-refractivity contribution in [3.05, 3.63) is 35.4 Å². The first-order valence-corrected chi connectivity index (χ1v) is 8.29. The number of halogens is 3. The fourth-order valence-electron chi connectivity index (χ4n) is 2.34. The predicted molar refractivity (Wildman–Crippen MR) is 81.7 cm³/mol. The van der Waals surface area contributed by atoms with Crippen LogP contribution >= 0.6 is 11.8 Å². The summed E-state index contributed by atoms with van der Waals surface area (Å²) in [5.41, 5.74) is -0.245. The first kappa shape index (κ1) is 17.1. The van der Waals surface area contributed by atoms with Crippen molar-refractivity contribution >= 4 is 17.7 Å². The third kappa shape index (κ3) is 4.91. The van der Waals surface area contributed by atoms with Crippen molar-refractivity contribution in [1.29, 1.82) is 0 Å². The van der Waals surface area contributed by atoms with Gasteiger partial charge in [0.05, 0.1) is 11.6 Å². The van der Waals surface area contributed by atoms with Gasteiger partial charge >= 0.3 is 6.18 Å². The van der Waals surface area contributed by atoms with Crippen LogP contribution in [0.1, 0.15) is 30.5 Å². The number of alkyl halides is 3. The molecule has 0 spiro atoms. The summed E-state index contributed by atoms with van der Waals surface area (Å²) in [5.74, 6) is 1.77. The molecule has 0 saturated carbocycles. The van der Waals surface area contributed by atoms with Gasteiger partial charge in [0.15, 0.2) is 0 Å². The highest BCUT2D eigenvalue weighted by molar-refractivity contribution is 7.99. The summed E-state index contributed by atoms with van der Waals surface area (Å²) in [5, 5.41) is 6.03. The Balaban J connectivity index is 1.93. The lowest BCUT2D eigenvalue weighted by Gasteiger charge is -2.23. The molecule has 3 nitrogen and oxygen atoms in total. The molecule has 2 atom stereocenters. The molecule has 122 valence electrons. The molecule has 1 aromatic carbocycles. The van der Waals surface area contributed by atoms with Crippen molar-refractivity contribution in [2.75, 3.05) is 18.1 Å². The lowest BCUT2D eigenvalue weighted by Crippen LogP contribution is -2.41. The van der Waals surface area contributed by atoms with Gasteiger partial charge in [-0.2, -0.15) is 24.9 Å². The lowest BCUT2D eigenvalue weighted by molar-refractivity contribution is -0.137. The third-order valence-electron chi connectivity index (χ3n) is 3.52. The van der Waals surface area contributed by atoms with Crippen molar-refractivity contribution in [1.82, 2.24) is 10.6 Å². The van der Waals surface area contributed by atoms with Crippen molar-refractivity contribution in [2.45, 2.75) is 31.6 Å². The Morgan fingerprint density at radius 2 is 2.27 bits per heavy atom. The number of thioether (sulfide) groups is 1. The fourth-order valence-corrected chi connectivity index (χ4v) is 3.29. The van der Waals surface area contributed by atoms with Gasteiger partial charge in [-0.1, -0.05) is 12.1 Å². The molecule has 0 bridgehead atoms. The zero-order valence-corrected chi connectivity index (χ0v) is 13.1. The molecule has 1 amide bonds. The molecule has 2 rings (SSSR count). The summed E-state index contributed by atoms with van der Waals surface area (Å²) >= 11 is 1.80. The summed E-state index contributed by atoms with van der Waals surface area (Å²) in [6.45, 7) is 2.57. The van der Waals surface area contributed by atoms with E-state index in [1.165, 1.54) is 6.07 Å². The summed E-state index contributed by atoms with van der Waals surface area (Å²) in [6.07, 6.45) is -4.03. The first-order valence-electron chi connectivity index (χ1n) is 7.14. The molecule has 1 aliphatic heterocycles. The van der Waals surface area contributed by atoms with E-state index in [1.54, 1.807) is 24.8 Å². The minimum atomic E-state index is -4.37. The van der Waals surface area contributed by atoms with E-state index in [0.29, 0.717) is 12.0 Å². The first-order chi connectivity index (χ1) is 10.4. The van der Waals surface area contributed by atoms with Crippen LogP contribution in [0.5, 0.6) is 0 Å². The number of rotatable bonds is 4. The van der Waals surface area contributed by atoms with Gasteiger partial charge in [-0.15, -0.1) is 0 Å². The van der Waals surface area contributed by atoms with E-state index in [4.69, 9.17) is 0 Å². The van der Waals surface area contributed by atoms with Crippen LogP contribution in [0.25, 0.3) is 0 Å². The Kier molecular flexibility index (Phi) is 5.74. The van der Waals surface area contributed by atoms with Crippen LogP contribution in [0.4, 0.5) is 13.2 Å². The molecule has 2 unspecified atom stereocenters. The fraction of sp³-hybridized carbons (Fsp3) is 0.533. The van der Waals surface area contributed by atoms with Crippen molar-refractivity contribution in [2.24, 2.45) is 0 Å². The molecule has 1 aromatic rings. The number of amides is 1. The number of nitrogens with one attached hydrogen (secondary N) is 2. The lowest BCUT2D eigenvalue weighted by atomic mass is 10.0. The molecular formula is C15H19F3N2OS. The SMILES string of the molecule is CC(NC(=O)CC1CSCCN1)c1cccc(C(F)(F)F)c1. The maximum atomic E-state index is 12.7. The zero-order chi connectivity index (χ0) is 16.2. The summed E-state index contributed by atoms with van der Waals surface area (Å²) < 4.78 is 38.1. The van der Waals surface area contributed by atoms with Gasteiger partial charge in [0, 0.05) is 30.5 Å². The van der Waals surface area contributed by atoms with Gasteiger partial charge in [0.1, 0.15) is 0 Å². The van der Waals surface area contributed by atoms with Crippen LogP contribution in [0, 0.1) is 0 Å². The molecule has 0 aromatic heterocycles. The zero-order valence-electron chi connectivity index (χ0n) is 12.2. The number of carbonyl (C=O) groups is 1. The highest BCUT2D eigenvalue weighted by Gasteiger charge is 2.30. The van der Waals surface area contributed by atoms with E-state index in [0.717, 1.165) is 30.2 Å². The minimum absolute atomic E-state index is 0.132. The maximum Gasteiger partial charge on any atom is 0.416 e. The molecule has 22 heavy (non-hydrogen) atoms. The topological polar surface area (TPSA) is 41.1 Å². The molecule has 0 aliphatic carbocycles. The highest BCUT2D eigenvalue weighted by Crippen LogP contribution is 2.30.